The molecule has 0 atom stereocenters. The number of pyridine rings is 1. The number of aromatic amines is 1. The first kappa shape index (κ1) is 19.3. The number of carbonyl (C=O) groups is 1. The Morgan fingerprint density at radius 1 is 1.04 bits per heavy atom. The number of rotatable bonds is 10. The van der Waals surface area contributed by atoms with E-state index in [0.717, 1.165) is 30.1 Å². The Bertz CT molecular complexity index is 849. The van der Waals surface area contributed by atoms with Gasteiger partial charge >= 0.3 is 5.97 Å². The smallest absolute Gasteiger partial charge is 0.339 e. The molecule has 0 spiro atoms. The second-order valence-corrected chi connectivity index (χ2v) is 5.90. The fraction of sp³-hybridized carbons (Fsp3) is 0.300. The quantitative estimate of drug-likeness (QED) is 0.425. The van der Waals surface area contributed by atoms with Crippen molar-refractivity contribution in [1.82, 2.24) is 20.2 Å². The molecule has 0 saturated carbocycles. The van der Waals surface area contributed by atoms with E-state index in [1.807, 2.05) is 24.3 Å². The zero-order valence-corrected chi connectivity index (χ0v) is 15.6. The maximum atomic E-state index is 11.6. The lowest BCUT2D eigenvalue weighted by molar-refractivity contribution is 0.0525. The van der Waals surface area contributed by atoms with Gasteiger partial charge in [-0.05, 0) is 49.7 Å². The highest BCUT2D eigenvalue weighted by molar-refractivity contribution is 5.88. The molecule has 0 aliphatic carbocycles. The van der Waals surface area contributed by atoms with Crippen molar-refractivity contribution in [3.63, 3.8) is 0 Å². The Kier molecular flexibility index (Phi) is 6.95. The molecule has 2 heterocycles. The highest BCUT2D eigenvalue weighted by atomic mass is 16.5. The van der Waals surface area contributed by atoms with Gasteiger partial charge in [-0.25, -0.2) is 9.78 Å². The molecule has 0 aliphatic rings. The third kappa shape index (κ3) is 5.80. The Hall–Kier alpha value is -3.42. The van der Waals surface area contributed by atoms with Crippen LogP contribution in [0, 0.1) is 0 Å². The van der Waals surface area contributed by atoms with E-state index in [4.69, 9.17) is 14.2 Å². The third-order valence-electron chi connectivity index (χ3n) is 3.84. The van der Waals surface area contributed by atoms with Crippen LogP contribution in [0.4, 0.5) is 0 Å². The lowest BCUT2D eigenvalue weighted by Crippen LogP contribution is -2.06. The van der Waals surface area contributed by atoms with Gasteiger partial charge in [0, 0.05) is 12.6 Å². The number of hydrogen-bond donors (Lipinski definition) is 1. The van der Waals surface area contributed by atoms with E-state index in [9.17, 15) is 4.79 Å². The summed E-state index contributed by atoms with van der Waals surface area (Å²) in [5.41, 5.74) is 1.15. The summed E-state index contributed by atoms with van der Waals surface area (Å²) in [6, 6.07) is 10.8. The van der Waals surface area contributed by atoms with Gasteiger partial charge in [-0.2, -0.15) is 5.10 Å². The van der Waals surface area contributed by atoms with Crippen LogP contribution in [0.25, 0.3) is 0 Å². The highest BCUT2D eigenvalue weighted by Crippen LogP contribution is 2.19. The van der Waals surface area contributed by atoms with Crippen LogP contribution in [0.15, 0.2) is 48.9 Å². The van der Waals surface area contributed by atoms with Gasteiger partial charge in [-0.15, -0.1) is 0 Å². The molecule has 3 aromatic rings. The van der Waals surface area contributed by atoms with Gasteiger partial charge in [0.15, 0.2) is 0 Å². The van der Waals surface area contributed by atoms with Crippen molar-refractivity contribution >= 4 is 5.97 Å². The number of ether oxygens (including phenoxy) is 3. The van der Waals surface area contributed by atoms with Crippen molar-refractivity contribution in [1.29, 1.82) is 0 Å². The summed E-state index contributed by atoms with van der Waals surface area (Å²) in [5, 5.41) is 6.64. The molecule has 0 aliphatic heterocycles. The summed E-state index contributed by atoms with van der Waals surface area (Å²) >= 11 is 0. The average molecular weight is 382 g/mol. The number of aryl methyl sites for hydroxylation is 1. The maximum absolute atomic E-state index is 11.6. The van der Waals surface area contributed by atoms with Gasteiger partial charge < -0.3 is 14.2 Å². The molecule has 8 heteroatoms. The highest BCUT2D eigenvalue weighted by Gasteiger charge is 2.07. The van der Waals surface area contributed by atoms with E-state index in [-0.39, 0.29) is 5.97 Å². The number of hydrogen-bond acceptors (Lipinski definition) is 7. The number of aromatic nitrogens is 4. The molecule has 0 radical (unpaired) electrons. The number of esters is 1. The summed E-state index contributed by atoms with van der Waals surface area (Å²) in [6.07, 6.45) is 4.63. The van der Waals surface area contributed by atoms with Gasteiger partial charge in [0.25, 0.3) is 0 Å². The Labute approximate surface area is 162 Å². The molecule has 1 N–H and O–H groups in total. The number of H-pyrrole nitrogens is 1. The topological polar surface area (TPSA) is 99.2 Å². The molecule has 28 heavy (non-hydrogen) atoms. The molecule has 146 valence electrons. The van der Waals surface area contributed by atoms with Crippen molar-refractivity contribution in [3.8, 4) is 11.5 Å². The zero-order chi connectivity index (χ0) is 19.6. The SMILES string of the molecule is CCOC(=O)c1ccc(COc2ccc(OCCCc3ncn[nH]3)cc2)nc1. The van der Waals surface area contributed by atoms with Crippen LogP contribution in [-0.2, 0) is 17.8 Å². The molecule has 2 aromatic heterocycles. The van der Waals surface area contributed by atoms with E-state index in [1.165, 1.54) is 12.5 Å². The average Bonchev–Trinajstić information content (AvgIpc) is 3.25. The number of nitrogens with one attached hydrogen (secondary N) is 1. The first-order valence-corrected chi connectivity index (χ1v) is 9.06. The van der Waals surface area contributed by atoms with Gasteiger partial charge in [0.2, 0.25) is 0 Å². The van der Waals surface area contributed by atoms with Gasteiger partial charge in [0.1, 0.15) is 30.3 Å². The molecule has 0 unspecified atom stereocenters. The van der Waals surface area contributed by atoms with E-state index in [0.29, 0.717) is 31.1 Å². The largest absolute Gasteiger partial charge is 0.494 e. The lowest BCUT2D eigenvalue weighted by Gasteiger charge is -2.09. The Morgan fingerprint density at radius 2 is 1.82 bits per heavy atom. The predicted molar refractivity (Wildman–Crippen MR) is 101 cm³/mol. The minimum atomic E-state index is -0.376. The van der Waals surface area contributed by atoms with E-state index < -0.39 is 0 Å². The van der Waals surface area contributed by atoms with Crippen LogP contribution < -0.4 is 9.47 Å². The van der Waals surface area contributed by atoms with Crippen LogP contribution in [0.1, 0.15) is 35.2 Å². The summed E-state index contributed by atoms with van der Waals surface area (Å²) in [6.45, 7) is 3.01. The second kappa shape index (κ2) is 10.1. The van der Waals surface area contributed by atoms with E-state index in [1.54, 1.807) is 19.1 Å². The second-order valence-electron chi connectivity index (χ2n) is 5.90. The fourth-order valence-corrected chi connectivity index (χ4v) is 2.42. The van der Waals surface area contributed by atoms with Crippen LogP contribution >= 0.6 is 0 Å². The summed E-state index contributed by atoms with van der Waals surface area (Å²) in [5.74, 6) is 1.97. The minimum absolute atomic E-state index is 0.306. The molecule has 0 fully saturated rings. The first-order chi connectivity index (χ1) is 13.7. The van der Waals surface area contributed by atoms with Gasteiger partial charge in [-0.1, -0.05) is 0 Å². The normalized spacial score (nSPS) is 10.5. The Balaban J connectivity index is 1.40. The van der Waals surface area contributed by atoms with Crippen molar-refractivity contribution in [2.24, 2.45) is 0 Å². The van der Waals surface area contributed by atoms with Crippen molar-refractivity contribution in [3.05, 3.63) is 66.0 Å². The molecular weight excluding hydrogens is 360 g/mol. The number of nitrogens with zero attached hydrogens (tertiary/aromatic N) is 3. The lowest BCUT2D eigenvalue weighted by atomic mass is 10.2. The van der Waals surface area contributed by atoms with Crippen LogP contribution in [0.3, 0.4) is 0 Å². The number of carbonyl (C=O) groups excluding carboxylic acids is 1. The standard InChI is InChI=1S/C20H22N4O4/c1-2-26-20(25)15-5-6-16(21-12-15)13-28-18-9-7-17(8-10-18)27-11-3-4-19-22-14-23-24-19/h5-10,12,14H,2-4,11,13H2,1H3,(H,22,23,24). The predicted octanol–water partition coefficient (Wildman–Crippen LogP) is 2.97. The van der Waals surface area contributed by atoms with Gasteiger partial charge in [-0.3, -0.25) is 10.1 Å². The van der Waals surface area contributed by atoms with Gasteiger partial charge in [0.05, 0.1) is 24.5 Å². The summed E-state index contributed by atoms with van der Waals surface area (Å²) < 4.78 is 16.4. The third-order valence-corrected chi connectivity index (χ3v) is 3.84. The molecule has 1 aromatic carbocycles. The molecule has 0 amide bonds. The van der Waals surface area contributed by atoms with E-state index >= 15 is 0 Å². The molecule has 0 saturated heterocycles. The van der Waals surface area contributed by atoms with Crippen molar-refractivity contribution in [2.45, 2.75) is 26.4 Å². The molecule has 3 rings (SSSR count). The van der Waals surface area contributed by atoms with Crippen molar-refractivity contribution < 1.29 is 19.0 Å². The monoisotopic (exact) mass is 382 g/mol. The summed E-state index contributed by atoms with van der Waals surface area (Å²) in [7, 11) is 0. The van der Waals surface area contributed by atoms with E-state index in [2.05, 4.69) is 20.2 Å². The Morgan fingerprint density at radius 3 is 2.46 bits per heavy atom. The van der Waals surface area contributed by atoms with Crippen LogP contribution in [0.5, 0.6) is 11.5 Å². The minimum Gasteiger partial charge on any atom is -0.494 e. The fourth-order valence-electron chi connectivity index (χ4n) is 2.42. The van der Waals surface area contributed by atoms with Crippen LogP contribution in [-0.4, -0.2) is 39.3 Å². The molecule has 0 bridgehead atoms. The number of benzene rings is 1. The van der Waals surface area contributed by atoms with Crippen LogP contribution in [0.2, 0.25) is 0 Å². The zero-order valence-electron chi connectivity index (χ0n) is 15.6. The first-order valence-electron chi connectivity index (χ1n) is 9.06. The summed E-state index contributed by atoms with van der Waals surface area (Å²) in [4.78, 5) is 19.9. The molecule has 8 nitrogen and oxygen atoms in total. The van der Waals surface area contributed by atoms with Crippen molar-refractivity contribution in [2.75, 3.05) is 13.2 Å². The molecular formula is C20H22N4O4. The maximum Gasteiger partial charge on any atom is 0.339 e.